The van der Waals surface area contributed by atoms with E-state index in [-0.39, 0.29) is 23.1 Å². The summed E-state index contributed by atoms with van der Waals surface area (Å²) in [5, 5.41) is 20.4. The number of nitrogens with one attached hydrogen (secondary N) is 1. The molecule has 0 saturated heterocycles. The minimum absolute atomic E-state index is 0.0320. The molecule has 25 heavy (non-hydrogen) atoms. The second-order valence-electron chi connectivity index (χ2n) is 5.02. The van der Waals surface area contributed by atoms with E-state index in [1.807, 2.05) is 0 Å². The highest BCUT2D eigenvalue weighted by Crippen LogP contribution is 2.31. The van der Waals surface area contributed by atoms with Crippen molar-refractivity contribution in [3.05, 3.63) is 28.5 Å². The smallest absolute Gasteiger partial charge is 0.451 e. The average molecular weight is 422 g/mol. The summed E-state index contributed by atoms with van der Waals surface area (Å²) < 4.78 is 39.4. The van der Waals surface area contributed by atoms with E-state index in [1.165, 1.54) is 18.2 Å². The number of nitrogens with zero attached hydrogens (tertiary/aromatic N) is 2. The fourth-order valence-corrected chi connectivity index (χ4v) is 2.39. The molecule has 134 valence electrons. The predicted octanol–water partition coefficient (Wildman–Crippen LogP) is 3.14. The summed E-state index contributed by atoms with van der Waals surface area (Å²) in [7, 11) is 0. The minimum Gasteiger partial charge on any atom is -0.481 e. The molecule has 7 nitrogen and oxygen atoms in total. The molecule has 1 atom stereocenters. The minimum atomic E-state index is -4.82. The number of benzene rings is 1. The first-order valence-corrected chi connectivity index (χ1v) is 7.63. The predicted molar refractivity (Wildman–Crippen MR) is 84.2 cm³/mol. The van der Waals surface area contributed by atoms with Crippen molar-refractivity contribution >= 4 is 44.6 Å². The number of carbonyl (C=O) groups is 2. The normalized spacial score (nSPS) is 12.8. The first kappa shape index (κ1) is 18.9. The van der Waals surface area contributed by atoms with Gasteiger partial charge in [0.15, 0.2) is 0 Å². The van der Waals surface area contributed by atoms with Crippen LogP contribution in [0, 0.1) is 0 Å². The molecule has 1 heterocycles. The third-order valence-electron chi connectivity index (χ3n) is 3.17. The van der Waals surface area contributed by atoms with Crippen LogP contribution in [0.1, 0.15) is 18.7 Å². The molecule has 0 spiro atoms. The van der Waals surface area contributed by atoms with Crippen LogP contribution in [0.5, 0.6) is 0 Å². The number of halogens is 4. The summed E-state index contributed by atoms with van der Waals surface area (Å²) in [5.41, 5.74) is -0.0320. The van der Waals surface area contributed by atoms with Crippen molar-refractivity contribution in [1.82, 2.24) is 9.97 Å². The van der Waals surface area contributed by atoms with Gasteiger partial charge in [-0.2, -0.15) is 13.2 Å². The summed E-state index contributed by atoms with van der Waals surface area (Å²) in [4.78, 5) is 28.7. The molecule has 1 aromatic carbocycles. The lowest BCUT2D eigenvalue weighted by Gasteiger charge is -2.17. The Balaban J connectivity index is 2.51. The van der Waals surface area contributed by atoms with Crippen molar-refractivity contribution in [2.45, 2.75) is 25.1 Å². The van der Waals surface area contributed by atoms with Gasteiger partial charge in [0, 0.05) is 16.3 Å². The van der Waals surface area contributed by atoms with Crippen molar-refractivity contribution in [3.8, 4) is 0 Å². The number of aliphatic carboxylic acids is 2. The van der Waals surface area contributed by atoms with Gasteiger partial charge in [-0.25, -0.2) is 14.8 Å². The van der Waals surface area contributed by atoms with Crippen molar-refractivity contribution in [3.63, 3.8) is 0 Å². The molecular formula is C14H11BrF3N3O4. The topological polar surface area (TPSA) is 112 Å². The van der Waals surface area contributed by atoms with E-state index < -0.39 is 36.4 Å². The van der Waals surface area contributed by atoms with Gasteiger partial charge in [0.05, 0.1) is 5.52 Å². The summed E-state index contributed by atoms with van der Waals surface area (Å²) in [6.45, 7) is 0. The maximum atomic E-state index is 13.0. The summed E-state index contributed by atoms with van der Waals surface area (Å²) >= 11 is 3.17. The fraction of sp³-hybridized carbons (Fsp3) is 0.286. The van der Waals surface area contributed by atoms with E-state index >= 15 is 0 Å². The summed E-state index contributed by atoms with van der Waals surface area (Å²) in [6, 6.07) is 2.83. The zero-order chi connectivity index (χ0) is 18.8. The third kappa shape index (κ3) is 4.78. The molecule has 0 aliphatic carbocycles. The van der Waals surface area contributed by atoms with Gasteiger partial charge in [0.25, 0.3) is 0 Å². The highest BCUT2D eigenvalue weighted by Gasteiger charge is 2.36. The van der Waals surface area contributed by atoms with Crippen LogP contribution in [0.4, 0.5) is 19.0 Å². The van der Waals surface area contributed by atoms with Crippen molar-refractivity contribution < 1.29 is 33.0 Å². The molecule has 11 heteroatoms. The lowest BCUT2D eigenvalue weighted by molar-refractivity contribution is -0.144. The zero-order valence-corrected chi connectivity index (χ0v) is 13.9. The maximum Gasteiger partial charge on any atom is 0.451 e. The Morgan fingerprint density at radius 3 is 2.48 bits per heavy atom. The number of hydrogen-bond acceptors (Lipinski definition) is 5. The average Bonchev–Trinajstić information content (AvgIpc) is 2.49. The molecule has 2 rings (SSSR count). The Bertz CT molecular complexity index is 829. The van der Waals surface area contributed by atoms with E-state index in [4.69, 9.17) is 5.11 Å². The fourth-order valence-electron chi connectivity index (χ4n) is 2.03. The van der Waals surface area contributed by atoms with Gasteiger partial charge in [-0.15, -0.1) is 0 Å². The van der Waals surface area contributed by atoms with E-state index in [0.717, 1.165) is 0 Å². The van der Waals surface area contributed by atoms with E-state index in [1.54, 1.807) is 0 Å². The third-order valence-corrected chi connectivity index (χ3v) is 3.66. The standard InChI is InChI=1S/C14H11BrF3N3O4/c15-6-1-2-8-7(5-6)11(21-13(20-8)14(16,17)18)19-9(12(24)25)3-4-10(22)23/h1-2,5,9H,3-4H2,(H,22,23)(H,24,25)(H,19,20,21). The monoisotopic (exact) mass is 421 g/mol. The number of fused-ring (bicyclic) bond motifs is 1. The van der Waals surface area contributed by atoms with Crippen LogP contribution in [-0.2, 0) is 15.8 Å². The largest absolute Gasteiger partial charge is 0.481 e. The van der Waals surface area contributed by atoms with Gasteiger partial charge in [-0.1, -0.05) is 15.9 Å². The second-order valence-corrected chi connectivity index (χ2v) is 5.94. The van der Waals surface area contributed by atoms with Crippen molar-refractivity contribution in [2.75, 3.05) is 5.32 Å². The number of carboxylic acid groups (broad SMARTS) is 2. The summed E-state index contributed by atoms with van der Waals surface area (Å²) in [5.74, 6) is -4.39. The molecule has 0 radical (unpaired) electrons. The Morgan fingerprint density at radius 1 is 1.24 bits per heavy atom. The molecule has 0 bridgehead atoms. The quantitative estimate of drug-likeness (QED) is 0.656. The first-order chi connectivity index (χ1) is 11.6. The highest BCUT2D eigenvalue weighted by atomic mass is 79.9. The molecule has 3 N–H and O–H groups in total. The Hall–Kier alpha value is -2.43. The van der Waals surface area contributed by atoms with Gasteiger partial charge in [0.1, 0.15) is 11.9 Å². The Morgan fingerprint density at radius 2 is 1.92 bits per heavy atom. The highest BCUT2D eigenvalue weighted by molar-refractivity contribution is 9.10. The van der Waals surface area contributed by atoms with Gasteiger partial charge in [0.2, 0.25) is 5.82 Å². The molecule has 1 aromatic heterocycles. The molecule has 0 saturated carbocycles. The molecular weight excluding hydrogens is 411 g/mol. The molecule has 0 aliphatic rings. The lowest BCUT2D eigenvalue weighted by Crippen LogP contribution is -2.31. The Kier molecular flexibility index (Phi) is 5.45. The number of anilines is 1. The van der Waals surface area contributed by atoms with Crippen LogP contribution in [0.2, 0.25) is 0 Å². The lowest BCUT2D eigenvalue weighted by atomic mass is 10.1. The molecule has 0 fully saturated rings. The second kappa shape index (κ2) is 7.21. The van der Waals surface area contributed by atoms with Crippen LogP contribution in [0.3, 0.4) is 0 Å². The van der Waals surface area contributed by atoms with Gasteiger partial charge in [-0.3, -0.25) is 4.79 Å². The molecule has 2 aromatic rings. The number of carboxylic acids is 2. The Labute approximate surface area is 147 Å². The van der Waals surface area contributed by atoms with E-state index in [9.17, 15) is 27.9 Å². The molecule has 1 unspecified atom stereocenters. The first-order valence-electron chi connectivity index (χ1n) is 6.83. The van der Waals surface area contributed by atoms with Crippen molar-refractivity contribution in [1.29, 1.82) is 0 Å². The SMILES string of the molecule is O=C(O)CCC(Nc1nc(C(F)(F)F)nc2ccc(Br)cc12)C(=O)O. The van der Waals surface area contributed by atoms with Crippen LogP contribution in [0.25, 0.3) is 10.9 Å². The van der Waals surface area contributed by atoms with Gasteiger partial charge in [-0.05, 0) is 24.6 Å². The summed E-state index contributed by atoms with van der Waals surface area (Å²) in [6.07, 6.45) is -5.62. The zero-order valence-electron chi connectivity index (χ0n) is 12.3. The van der Waals surface area contributed by atoms with Gasteiger partial charge < -0.3 is 15.5 Å². The maximum absolute atomic E-state index is 13.0. The van der Waals surface area contributed by atoms with Crippen LogP contribution < -0.4 is 5.32 Å². The molecule has 0 amide bonds. The van der Waals surface area contributed by atoms with E-state index in [0.29, 0.717) is 4.47 Å². The number of hydrogen-bond donors (Lipinski definition) is 3. The molecule has 0 aliphatic heterocycles. The van der Waals surface area contributed by atoms with Crippen LogP contribution >= 0.6 is 15.9 Å². The van der Waals surface area contributed by atoms with Crippen LogP contribution in [-0.4, -0.2) is 38.2 Å². The van der Waals surface area contributed by atoms with Gasteiger partial charge >= 0.3 is 18.1 Å². The van der Waals surface area contributed by atoms with Crippen molar-refractivity contribution in [2.24, 2.45) is 0 Å². The van der Waals surface area contributed by atoms with E-state index in [2.05, 4.69) is 31.2 Å². The van der Waals surface area contributed by atoms with Crippen LogP contribution in [0.15, 0.2) is 22.7 Å². The number of alkyl halides is 3. The number of rotatable bonds is 6. The number of aromatic nitrogens is 2.